The third kappa shape index (κ3) is 1.88. The van der Waals surface area contributed by atoms with E-state index in [1.165, 1.54) is 7.11 Å². The minimum absolute atomic E-state index is 0.195. The molecule has 1 aromatic carbocycles. The molecule has 4 heteroatoms. The first kappa shape index (κ1) is 9.45. The first-order valence-corrected chi connectivity index (χ1v) is 4.45. The summed E-state index contributed by atoms with van der Waals surface area (Å²) in [4.78, 5) is 8.20. The monoisotopic (exact) mass is 202 g/mol. The highest BCUT2D eigenvalue weighted by atomic mass is 16.5. The second-order valence-corrected chi connectivity index (χ2v) is 2.96. The zero-order chi connectivity index (χ0) is 10.7. The lowest BCUT2D eigenvalue weighted by atomic mass is 10.1. The first-order chi connectivity index (χ1) is 7.31. The maximum absolute atomic E-state index is 9.35. The molecule has 0 amide bonds. The van der Waals surface area contributed by atoms with Gasteiger partial charge in [-0.05, 0) is 12.1 Å². The Morgan fingerprint density at radius 2 is 2.00 bits per heavy atom. The Kier molecular flexibility index (Phi) is 2.49. The number of aromatic nitrogens is 2. The summed E-state index contributed by atoms with van der Waals surface area (Å²) in [6.07, 6.45) is 3.15. The number of phenolic OH excluding ortho intramolecular Hbond substituents is 1. The van der Waals surface area contributed by atoms with E-state index in [1.54, 1.807) is 30.6 Å². The van der Waals surface area contributed by atoms with E-state index in [2.05, 4.69) is 9.97 Å². The fourth-order valence-corrected chi connectivity index (χ4v) is 1.33. The first-order valence-electron chi connectivity index (χ1n) is 4.45. The van der Waals surface area contributed by atoms with E-state index < -0.39 is 0 Å². The van der Waals surface area contributed by atoms with Gasteiger partial charge >= 0.3 is 0 Å². The van der Waals surface area contributed by atoms with Gasteiger partial charge < -0.3 is 9.84 Å². The maximum atomic E-state index is 9.35. The molecule has 15 heavy (non-hydrogen) atoms. The molecule has 1 heterocycles. The summed E-state index contributed by atoms with van der Waals surface area (Å²) in [5, 5.41) is 9.35. The van der Waals surface area contributed by atoms with Crippen LogP contribution in [-0.2, 0) is 0 Å². The van der Waals surface area contributed by atoms with Gasteiger partial charge in [-0.3, -0.25) is 0 Å². The zero-order valence-electron chi connectivity index (χ0n) is 8.21. The normalized spacial score (nSPS) is 9.93. The van der Waals surface area contributed by atoms with Gasteiger partial charge in [-0.15, -0.1) is 0 Å². The van der Waals surface area contributed by atoms with Crippen molar-refractivity contribution in [2.45, 2.75) is 0 Å². The highest BCUT2D eigenvalue weighted by molar-refractivity contribution is 5.65. The summed E-state index contributed by atoms with van der Waals surface area (Å²) in [6.45, 7) is 0. The summed E-state index contributed by atoms with van der Waals surface area (Å²) in [5.41, 5.74) is 1.40. The molecule has 2 aromatic rings. The molecule has 1 N–H and O–H groups in total. The second kappa shape index (κ2) is 3.96. The van der Waals surface area contributed by atoms with Gasteiger partial charge in [0.05, 0.1) is 7.11 Å². The van der Waals surface area contributed by atoms with E-state index in [9.17, 15) is 5.11 Å². The number of nitrogens with zero attached hydrogens (tertiary/aromatic N) is 2. The number of rotatable bonds is 2. The van der Waals surface area contributed by atoms with Crippen molar-refractivity contribution in [3.63, 3.8) is 0 Å². The van der Waals surface area contributed by atoms with Crippen LogP contribution in [0.4, 0.5) is 0 Å². The van der Waals surface area contributed by atoms with Crippen molar-refractivity contribution in [1.82, 2.24) is 9.97 Å². The summed E-state index contributed by atoms with van der Waals surface area (Å²) >= 11 is 0. The van der Waals surface area contributed by atoms with E-state index in [4.69, 9.17) is 4.74 Å². The molecule has 0 aliphatic carbocycles. The topological polar surface area (TPSA) is 55.2 Å². The fourth-order valence-electron chi connectivity index (χ4n) is 1.33. The smallest absolute Gasteiger partial charge is 0.240 e. The minimum Gasteiger partial charge on any atom is -0.508 e. The Balaban J connectivity index is 2.53. The number of hydrogen-bond acceptors (Lipinski definition) is 4. The molecule has 0 saturated carbocycles. The molecule has 76 valence electrons. The molecule has 0 saturated heterocycles. The molecule has 4 nitrogen and oxygen atoms in total. The van der Waals surface area contributed by atoms with Gasteiger partial charge in [0.2, 0.25) is 5.88 Å². The maximum Gasteiger partial charge on any atom is 0.240 e. The standard InChI is InChI=1S/C11H10N2O2/c1-15-11-10(12-5-6-13-11)8-3-2-4-9(14)7-8/h2-7,14H,1H3. The number of phenols is 1. The van der Waals surface area contributed by atoms with Gasteiger partial charge in [0, 0.05) is 18.0 Å². The van der Waals surface area contributed by atoms with Gasteiger partial charge in [-0.1, -0.05) is 12.1 Å². The third-order valence-corrected chi connectivity index (χ3v) is 1.98. The molecular formula is C11H10N2O2. The lowest BCUT2D eigenvalue weighted by Gasteiger charge is -2.05. The van der Waals surface area contributed by atoms with E-state index >= 15 is 0 Å². The summed E-state index contributed by atoms with van der Waals surface area (Å²) < 4.78 is 5.08. The molecule has 0 unspecified atom stereocenters. The minimum atomic E-state index is 0.195. The molecular weight excluding hydrogens is 192 g/mol. The number of aromatic hydroxyl groups is 1. The Labute approximate surface area is 87.2 Å². The third-order valence-electron chi connectivity index (χ3n) is 1.98. The molecule has 0 radical (unpaired) electrons. The van der Waals surface area contributed by atoms with Crippen LogP contribution in [0.3, 0.4) is 0 Å². The van der Waals surface area contributed by atoms with Gasteiger partial charge in [0.15, 0.2) is 0 Å². The van der Waals surface area contributed by atoms with Crippen LogP contribution >= 0.6 is 0 Å². The van der Waals surface area contributed by atoms with Crippen LogP contribution in [0.25, 0.3) is 11.3 Å². The van der Waals surface area contributed by atoms with Crippen LogP contribution in [0.2, 0.25) is 0 Å². The molecule has 0 fully saturated rings. The molecule has 1 aromatic heterocycles. The SMILES string of the molecule is COc1nccnc1-c1cccc(O)c1. The van der Waals surface area contributed by atoms with E-state index in [0.717, 1.165) is 5.56 Å². The fraction of sp³-hybridized carbons (Fsp3) is 0.0909. The summed E-state index contributed by atoms with van der Waals surface area (Å²) in [7, 11) is 1.54. The number of benzene rings is 1. The number of hydrogen-bond donors (Lipinski definition) is 1. The number of methoxy groups -OCH3 is 1. The Bertz CT molecular complexity index is 472. The molecule has 0 atom stereocenters. The van der Waals surface area contributed by atoms with Crippen LogP contribution in [0.1, 0.15) is 0 Å². The van der Waals surface area contributed by atoms with Crippen LogP contribution in [0, 0.1) is 0 Å². The Morgan fingerprint density at radius 1 is 1.20 bits per heavy atom. The largest absolute Gasteiger partial charge is 0.508 e. The van der Waals surface area contributed by atoms with Gasteiger partial charge in [-0.2, -0.15) is 0 Å². The Morgan fingerprint density at radius 3 is 2.73 bits per heavy atom. The highest BCUT2D eigenvalue weighted by Gasteiger charge is 2.07. The average Bonchev–Trinajstić information content (AvgIpc) is 2.29. The van der Waals surface area contributed by atoms with E-state index in [0.29, 0.717) is 11.6 Å². The van der Waals surface area contributed by atoms with Crippen molar-refractivity contribution in [3.8, 4) is 22.9 Å². The lowest BCUT2D eigenvalue weighted by molar-refractivity contribution is 0.397. The van der Waals surface area contributed by atoms with Crippen molar-refractivity contribution >= 4 is 0 Å². The van der Waals surface area contributed by atoms with Crippen LogP contribution in [0.15, 0.2) is 36.7 Å². The molecule has 0 aliphatic rings. The van der Waals surface area contributed by atoms with Crippen LogP contribution in [-0.4, -0.2) is 22.2 Å². The van der Waals surface area contributed by atoms with Gasteiger partial charge in [0.1, 0.15) is 11.4 Å². The lowest BCUT2D eigenvalue weighted by Crippen LogP contribution is -1.93. The van der Waals surface area contributed by atoms with Gasteiger partial charge in [0.25, 0.3) is 0 Å². The van der Waals surface area contributed by atoms with E-state index in [-0.39, 0.29) is 5.75 Å². The van der Waals surface area contributed by atoms with Crippen molar-refractivity contribution in [1.29, 1.82) is 0 Å². The van der Waals surface area contributed by atoms with Crippen molar-refractivity contribution in [2.24, 2.45) is 0 Å². The zero-order valence-corrected chi connectivity index (χ0v) is 8.21. The number of ether oxygens (including phenoxy) is 1. The summed E-state index contributed by atoms with van der Waals surface area (Å²) in [6, 6.07) is 6.81. The van der Waals surface area contributed by atoms with Crippen LogP contribution in [0.5, 0.6) is 11.6 Å². The van der Waals surface area contributed by atoms with Gasteiger partial charge in [-0.25, -0.2) is 9.97 Å². The average molecular weight is 202 g/mol. The molecule has 0 aliphatic heterocycles. The second-order valence-electron chi connectivity index (χ2n) is 2.96. The quantitative estimate of drug-likeness (QED) is 0.807. The van der Waals surface area contributed by atoms with Crippen LogP contribution < -0.4 is 4.74 Å². The molecule has 2 rings (SSSR count). The van der Waals surface area contributed by atoms with Crippen molar-refractivity contribution < 1.29 is 9.84 Å². The van der Waals surface area contributed by atoms with Crippen molar-refractivity contribution in [3.05, 3.63) is 36.7 Å². The molecule has 0 spiro atoms. The van der Waals surface area contributed by atoms with E-state index in [1.807, 2.05) is 6.07 Å². The predicted octanol–water partition coefficient (Wildman–Crippen LogP) is 1.86. The van der Waals surface area contributed by atoms with Crippen molar-refractivity contribution in [2.75, 3.05) is 7.11 Å². The summed E-state index contributed by atoms with van der Waals surface area (Å²) in [5.74, 6) is 0.642. The predicted molar refractivity (Wildman–Crippen MR) is 55.7 cm³/mol. The molecule has 0 bridgehead atoms. The highest BCUT2D eigenvalue weighted by Crippen LogP contribution is 2.27. The Hall–Kier alpha value is -2.10.